The summed E-state index contributed by atoms with van der Waals surface area (Å²) in [6, 6.07) is 9.45. The van der Waals surface area contributed by atoms with Crippen LogP contribution in [0.25, 0.3) is 0 Å². The van der Waals surface area contributed by atoms with Crippen molar-refractivity contribution in [3.8, 4) is 0 Å². The van der Waals surface area contributed by atoms with Gasteiger partial charge in [-0.2, -0.15) is 0 Å². The smallest absolute Gasteiger partial charge is 0.325 e. The molecule has 0 aromatic heterocycles. The van der Waals surface area contributed by atoms with E-state index in [0.29, 0.717) is 19.8 Å². The van der Waals surface area contributed by atoms with Crippen LogP contribution in [0, 0.1) is 0 Å². The Morgan fingerprint density at radius 1 is 1.10 bits per heavy atom. The lowest BCUT2D eigenvalue weighted by Crippen LogP contribution is -2.65. The SMILES string of the molecule is CCOCCN1C(N2CCN(c3ccccc3)CC2)=NC2C1C(=O)NC(=O)N2C. The average molecular weight is 400 g/mol. The van der Waals surface area contributed by atoms with Gasteiger partial charge in [-0.3, -0.25) is 10.1 Å². The van der Waals surface area contributed by atoms with E-state index in [1.807, 2.05) is 30.0 Å². The van der Waals surface area contributed by atoms with E-state index in [4.69, 9.17) is 9.73 Å². The number of amides is 3. The molecule has 3 aliphatic heterocycles. The summed E-state index contributed by atoms with van der Waals surface area (Å²) in [4.78, 5) is 37.5. The molecule has 4 rings (SSSR count). The number of ether oxygens (including phenoxy) is 1. The number of hydrogen-bond acceptors (Lipinski definition) is 7. The summed E-state index contributed by atoms with van der Waals surface area (Å²) >= 11 is 0. The first-order chi connectivity index (χ1) is 14.1. The number of para-hydroxylation sites is 1. The first kappa shape index (κ1) is 19.5. The molecule has 0 bridgehead atoms. The number of carbonyl (C=O) groups excluding carboxylic acids is 2. The molecule has 9 heteroatoms. The highest BCUT2D eigenvalue weighted by Crippen LogP contribution is 2.26. The summed E-state index contributed by atoms with van der Waals surface area (Å²) in [6.07, 6.45) is -0.500. The number of nitrogens with zero attached hydrogens (tertiary/aromatic N) is 5. The van der Waals surface area contributed by atoms with Crippen molar-refractivity contribution in [1.82, 2.24) is 20.0 Å². The molecule has 1 aromatic rings. The maximum Gasteiger partial charge on any atom is 0.325 e. The van der Waals surface area contributed by atoms with Crippen LogP contribution in [-0.2, 0) is 9.53 Å². The molecule has 9 nitrogen and oxygen atoms in total. The Hall–Kier alpha value is -2.81. The zero-order chi connectivity index (χ0) is 20.4. The third kappa shape index (κ3) is 3.74. The van der Waals surface area contributed by atoms with Crippen molar-refractivity contribution < 1.29 is 14.3 Å². The van der Waals surface area contributed by atoms with Crippen molar-refractivity contribution in [3.05, 3.63) is 30.3 Å². The van der Waals surface area contributed by atoms with Crippen molar-refractivity contribution in [2.45, 2.75) is 19.1 Å². The van der Waals surface area contributed by atoms with Gasteiger partial charge in [-0.25, -0.2) is 9.79 Å². The number of likely N-dealkylation sites (N-methyl/N-ethyl adjacent to an activating group) is 1. The monoisotopic (exact) mass is 400 g/mol. The van der Waals surface area contributed by atoms with Gasteiger partial charge in [0, 0.05) is 52.1 Å². The Morgan fingerprint density at radius 2 is 1.79 bits per heavy atom. The average Bonchev–Trinajstić information content (AvgIpc) is 3.13. The van der Waals surface area contributed by atoms with Crippen LogP contribution in [0.1, 0.15) is 6.92 Å². The van der Waals surface area contributed by atoms with Gasteiger partial charge in [0.25, 0.3) is 5.91 Å². The van der Waals surface area contributed by atoms with Gasteiger partial charge in [-0.05, 0) is 19.1 Å². The van der Waals surface area contributed by atoms with Gasteiger partial charge in [0.1, 0.15) is 0 Å². The Labute approximate surface area is 170 Å². The van der Waals surface area contributed by atoms with Crippen LogP contribution >= 0.6 is 0 Å². The van der Waals surface area contributed by atoms with E-state index in [2.05, 4.69) is 27.2 Å². The number of urea groups is 1. The number of nitrogens with one attached hydrogen (secondary N) is 1. The van der Waals surface area contributed by atoms with E-state index in [0.717, 1.165) is 32.1 Å². The Bertz CT molecular complexity index is 778. The van der Waals surface area contributed by atoms with E-state index in [9.17, 15) is 9.59 Å². The van der Waals surface area contributed by atoms with Crippen LogP contribution in [0.2, 0.25) is 0 Å². The van der Waals surface area contributed by atoms with Crippen LogP contribution in [0.15, 0.2) is 35.3 Å². The van der Waals surface area contributed by atoms with Gasteiger partial charge in [0.15, 0.2) is 18.2 Å². The number of fused-ring (bicyclic) bond motifs is 1. The summed E-state index contributed by atoms with van der Waals surface area (Å²) in [6.45, 7) is 6.99. The van der Waals surface area contributed by atoms with Gasteiger partial charge in [0.05, 0.1) is 6.61 Å². The van der Waals surface area contributed by atoms with Gasteiger partial charge < -0.3 is 24.3 Å². The highest BCUT2D eigenvalue weighted by molar-refractivity contribution is 6.03. The normalized spacial score (nSPS) is 24.6. The van der Waals surface area contributed by atoms with Crippen molar-refractivity contribution in [3.63, 3.8) is 0 Å². The maximum atomic E-state index is 12.6. The third-order valence-electron chi connectivity index (χ3n) is 5.70. The van der Waals surface area contributed by atoms with Gasteiger partial charge >= 0.3 is 6.03 Å². The molecule has 0 aliphatic carbocycles. The first-order valence-corrected chi connectivity index (χ1v) is 10.1. The van der Waals surface area contributed by atoms with Crippen LogP contribution < -0.4 is 10.2 Å². The Balaban J connectivity index is 1.51. The van der Waals surface area contributed by atoms with E-state index in [1.54, 1.807) is 7.05 Å². The van der Waals surface area contributed by atoms with Gasteiger partial charge in [-0.15, -0.1) is 0 Å². The van der Waals surface area contributed by atoms with E-state index >= 15 is 0 Å². The molecule has 2 saturated heterocycles. The molecule has 2 fully saturated rings. The summed E-state index contributed by atoms with van der Waals surface area (Å²) in [5.41, 5.74) is 1.21. The van der Waals surface area contributed by atoms with Crippen LogP contribution in [-0.4, -0.2) is 97.8 Å². The lowest BCUT2D eigenvalue weighted by Gasteiger charge is -2.41. The Morgan fingerprint density at radius 3 is 2.48 bits per heavy atom. The summed E-state index contributed by atoms with van der Waals surface area (Å²) < 4.78 is 5.53. The fraction of sp³-hybridized carbons (Fsp3) is 0.550. The predicted molar refractivity (Wildman–Crippen MR) is 110 cm³/mol. The quantitative estimate of drug-likeness (QED) is 0.721. The zero-order valence-electron chi connectivity index (χ0n) is 17.0. The van der Waals surface area contributed by atoms with E-state index in [1.165, 1.54) is 10.6 Å². The predicted octanol–water partition coefficient (Wildman–Crippen LogP) is 0.393. The number of hydrogen-bond donors (Lipinski definition) is 1. The number of rotatable bonds is 5. The lowest BCUT2D eigenvalue weighted by atomic mass is 10.1. The summed E-state index contributed by atoms with van der Waals surface area (Å²) in [5, 5.41) is 2.44. The lowest BCUT2D eigenvalue weighted by molar-refractivity contribution is -0.127. The molecule has 1 aromatic carbocycles. The minimum Gasteiger partial charge on any atom is -0.380 e. The highest BCUT2D eigenvalue weighted by atomic mass is 16.5. The first-order valence-electron chi connectivity index (χ1n) is 10.1. The molecule has 29 heavy (non-hydrogen) atoms. The second-order valence-electron chi connectivity index (χ2n) is 7.39. The zero-order valence-corrected chi connectivity index (χ0v) is 17.0. The standard InChI is InChI=1S/C20H28N6O3/c1-3-29-14-13-26-16-17(23(2)20(28)22-18(16)27)21-19(26)25-11-9-24(10-12-25)15-7-5-4-6-8-15/h4-8,16-17H,3,9-14H2,1-2H3,(H,22,27,28). The fourth-order valence-electron chi connectivity index (χ4n) is 4.12. The minimum atomic E-state index is -0.514. The van der Waals surface area contributed by atoms with Crippen LogP contribution in [0.4, 0.5) is 10.5 Å². The number of piperazine rings is 1. The van der Waals surface area contributed by atoms with Crippen molar-refractivity contribution in [2.75, 3.05) is 57.9 Å². The van der Waals surface area contributed by atoms with Crippen molar-refractivity contribution in [2.24, 2.45) is 4.99 Å². The van der Waals surface area contributed by atoms with Crippen molar-refractivity contribution >= 4 is 23.6 Å². The molecule has 2 unspecified atom stereocenters. The van der Waals surface area contributed by atoms with E-state index in [-0.39, 0.29) is 5.91 Å². The van der Waals surface area contributed by atoms with Crippen LogP contribution in [0.5, 0.6) is 0 Å². The Kier molecular flexibility index (Phi) is 5.57. The molecule has 0 spiro atoms. The van der Waals surface area contributed by atoms with E-state index < -0.39 is 18.2 Å². The summed E-state index contributed by atoms with van der Waals surface area (Å²) in [5.74, 6) is 0.486. The minimum absolute atomic E-state index is 0.295. The molecule has 2 atom stereocenters. The molecular formula is C20H28N6O3. The topological polar surface area (TPSA) is 80.7 Å². The number of imide groups is 1. The van der Waals surface area contributed by atoms with Crippen molar-refractivity contribution in [1.29, 1.82) is 0 Å². The molecule has 0 saturated carbocycles. The molecule has 0 radical (unpaired) electrons. The molecule has 1 N–H and O–H groups in total. The molecule has 3 aliphatic rings. The highest BCUT2D eigenvalue weighted by Gasteiger charge is 2.49. The van der Waals surface area contributed by atoms with Crippen LogP contribution in [0.3, 0.4) is 0 Å². The molecule has 3 heterocycles. The number of benzene rings is 1. The second kappa shape index (κ2) is 8.28. The molecule has 3 amide bonds. The number of aliphatic imine (C=N–C) groups is 1. The van der Waals surface area contributed by atoms with Gasteiger partial charge in [-0.1, -0.05) is 18.2 Å². The van der Waals surface area contributed by atoms with Gasteiger partial charge in [0.2, 0.25) is 0 Å². The third-order valence-corrected chi connectivity index (χ3v) is 5.70. The number of carbonyl (C=O) groups is 2. The number of anilines is 1. The molecular weight excluding hydrogens is 372 g/mol. The maximum absolute atomic E-state index is 12.6. The largest absolute Gasteiger partial charge is 0.380 e. The second-order valence-corrected chi connectivity index (χ2v) is 7.39. The fourth-order valence-corrected chi connectivity index (χ4v) is 4.12. The number of guanidine groups is 1. The summed E-state index contributed by atoms with van der Waals surface area (Å²) in [7, 11) is 1.68. The molecule has 156 valence electrons.